The third-order valence-corrected chi connectivity index (χ3v) is 3.49. The average molecular weight is 299 g/mol. The van der Waals surface area contributed by atoms with E-state index in [4.69, 9.17) is 14.9 Å². The summed E-state index contributed by atoms with van der Waals surface area (Å²) in [7, 11) is 1.57. The number of carboxylic acids is 1. The molecular weight excluding hydrogens is 282 g/mol. The fourth-order valence-electron chi connectivity index (χ4n) is 1.44. The molecule has 0 aliphatic carbocycles. The molecule has 6 nitrogen and oxygen atoms in total. The van der Waals surface area contributed by atoms with E-state index in [0.29, 0.717) is 0 Å². The monoisotopic (exact) mass is 299 g/mol. The van der Waals surface area contributed by atoms with Crippen molar-refractivity contribution in [2.24, 2.45) is 0 Å². The van der Waals surface area contributed by atoms with Crippen molar-refractivity contribution in [1.82, 2.24) is 5.32 Å². The van der Waals surface area contributed by atoms with Crippen LogP contribution in [0.25, 0.3) is 0 Å². The molecule has 1 aromatic carbocycles. The predicted molar refractivity (Wildman–Crippen MR) is 75.0 cm³/mol. The van der Waals surface area contributed by atoms with E-state index in [1.165, 1.54) is 11.8 Å². The summed E-state index contributed by atoms with van der Waals surface area (Å²) < 4.78 is 5.02. The van der Waals surface area contributed by atoms with Crippen molar-refractivity contribution in [2.75, 3.05) is 19.5 Å². The van der Waals surface area contributed by atoms with Crippen LogP contribution in [0.5, 0.6) is 5.75 Å². The molecule has 0 saturated heterocycles. The van der Waals surface area contributed by atoms with Gasteiger partial charge in [0.2, 0.25) is 5.91 Å². The van der Waals surface area contributed by atoms with Gasteiger partial charge in [0.05, 0.1) is 12.9 Å². The number of aliphatic hydroxyl groups excluding tert-OH is 1. The highest BCUT2D eigenvalue weighted by atomic mass is 32.2. The number of aliphatic carboxylic acids is 1. The third-order valence-electron chi connectivity index (χ3n) is 2.48. The quantitative estimate of drug-likeness (QED) is 0.613. The summed E-state index contributed by atoms with van der Waals surface area (Å²) >= 11 is 1.30. The largest absolute Gasteiger partial charge is 0.497 e. The first kappa shape index (κ1) is 16.3. The van der Waals surface area contributed by atoms with E-state index in [-0.39, 0.29) is 24.7 Å². The van der Waals surface area contributed by atoms with Gasteiger partial charge in [-0.05, 0) is 24.3 Å². The van der Waals surface area contributed by atoms with Gasteiger partial charge >= 0.3 is 5.97 Å². The molecule has 3 N–H and O–H groups in total. The van der Waals surface area contributed by atoms with Crippen LogP contribution in [-0.4, -0.2) is 47.6 Å². The second-order valence-electron chi connectivity index (χ2n) is 3.93. The number of amides is 1. The fraction of sp³-hybridized carbons (Fsp3) is 0.385. The normalized spacial score (nSPS) is 11.7. The van der Waals surface area contributed by atoms with E-state index in [9.17, 15) is 9.59 Å². The molecule has 110 valence electrons. The van der Waals surface area contributed by atoms with Crippen LogP contribution in [0, 0.1) is 0 Å². The smallest absolute Gasteiger partial charge is 0.326 e. The molecule has 0 unspecified atom stereocenters. The number of carbonyl (C=O) groups excluding carboxylic acids is 1. The number of hydrogen-bond acceptors (Lipinski definition) is 5. The van der Waals surface area contributed by atoms with Crippen molar-refractivity contribution in [1.29, 1.82) is 0 Å². The zero-order chi connectivity index (χ0) is 15.0. The Morgan fingerprint density at radius 2 is 2.00 bits per heavy atom. The average Bonchev–Trinajstić information content (AvgIpc) is 2.45. The summed E-state index contributed by atoms with van der Waals surface area (Å²) in [5.41, 5.74) is 0. The maximum atomic E-state index is 11.6. The maximum absolute atomic E-state index is 11.6. The van der Waals surface area contributed by atoms with Gasteiger partial charge < -0.3 is 20.3 Å². The molecule has 0 heterocycles. The summed E-state index contributed by atoms with van der Waals surface area (Å²) in [6, 6.07) is 6.15. The Labute approximate surface area is 121 Å². The van der Waals surface area contributed by atoms with Gasteiger partial charge in [-0.2, -0.15) is 0 Å². The van der Waals surface area contributed by atoms with Gasteiger partial charge in [0.1, 0.15) is 11.8 Å². The lowest BCUT2D eigenvalue weighted by Crippen LogP contribution is -2.42. The molecule has 0 aliphatic heterocycles. The first-order chi connectivity index (χ1) is 9.56. The number of ether oxygens (including phenoxy) is 1. The van der Waals surface area contributed by atoms with E-state index in [0.717, 1.165) is 10.6 Å². The van der Waals surface area contributed by atoms with Crippen LogP contribution >= 0.6 is 11.8 Å². The molecule has 0 bridgehead atoms. The van der Waals surface area contributed by atoms with E-state index in [2.05, 4.69) is 5.32 Å². The Bertz CT molecular complexity index is 449. The first-order valence-corrected chi connectivity index (χ1v) is 6.95. The second kappa shape index (κ2) is 8.44. The minimum atomic E-state index is -1.15. The Hall–Kier alpha value is -1.73. The fourth-order valence-corrected chi connectivity index (χ4v) is 2.15. The molecule has 1 rings (SSSR count). The molecule has 0 spiro atoms. The Kier molecular flexibility index (Phi) is 6.89. The van der Waals surface area contributed by atoms with Crippen LogP contribution in [-0.2, 0) is 9.59 Å². The van der Waals surface area contributed by atoms with Crippen LogP contribution in [0.4, 0.5) is 0 Å². The van der Waals surface area contributed by atoms with E-state index >= 15 is 0 Å². The number of hydrogen-bond donors (Lipinski definition) is 3. The molecule has 0 radical (unpaired) electrons. The lowest BCUT2D eigenvalue weighted by molar-refractivity contribution is -0.141. The van der Waals surface area contributed by atoms with Crippen LogP contribution in [0.2, 0.25) is 0 Å². The van der Waals surface area contributed by atoms with Crippen molar-refractivity contribution in [2.45, 2.75) is 17.4 Å². The van der Waals surface area contributed by atoms with Crippen molar-refractivity contribution in [3.05, 3.63) is 24.3 Å². The van der Waals surface area contributed by atoms with Crippen molar-refractivity contribution >= 4 is 23.6 Å². The molecule has 0 aliphatic rings. The predicted octanol–water partition coefficient (Wildman–Crippen LogP) is 0.739. The maximum Gasteiger partial charge on any atom is 0.326 e. The molecule has 7 heteroatoms. The summed E-state index contributed by atoms with van der Waals surface area (Å²) in [4.78, 5) is 23.3. The summed E-state index contributed by atoms with van der Waals surface area (Å²) in [5, 5.41) is 19.9. The Morgan fingerprint density at radius 1 is 1.35 bits per heavy atom. The number of benzene rings is 1. The van der Waals surface area contributed by atoms with Gasteiger partial charge in [0.25, 0.3) is 0 Å². The van der Waals surface area contributed by atoms with Gasteiger partial charge in [-0.1, -0.05) is 0 Å². The van der Waals surface area contributed by atoms with Crippen LogP contribution < -0.4 is 10.1 Å². The van der Waals surface area contributed by atoms with Crippen LogP contribution in [0.3, 0.4) is 0 Å². The minimum absolute atomic E-state index is 0.00568. The number of carbonyl (C=O) groups is 2. The number of aliphatic hydroxyl groups is 1. The molecule has 0 fully saturated rings. The van der Waals surface area contributed by atoms with Crippen molar-refractivity contribution in [3.63, 3.8) is 0 Å². The number of thioether (sulfide) groups is 1. The lowest BCUT2D eigenvalue weighted by atomic mass is 10.2. The second-order valence-corrected chi connectivity index (χ2v) is 4.98. The standard InChI is InChI=1S/C13H17NO5S/c1-19-9-2-4-10(5-3-9)20-8-12(16)14-11(6-7-15)13(17)18/h2-5,11,15H,6-8H2,1H3,(H,14,16)(H,17,18)/t11-/m1/s1. The SMILES string of the molecule is COc1ccc(SCC(=O)N[C@H](CCO)C(=O)O)cc1. The number of methoxy groups -OCH3 is 1. The zero-order valence-corrected chi connectivity index (χ0v) is 11.9. The number of rotatable bonds is 8. The van der Waals surface area contributed by atoms with Gasteiger partial charge in [-0.25, -0.2) is 4.79 Å². The molecule has 20 heavy (non-hydrogen) atoms. The Morgan fingerprint density at radius 3 is 2.50 bits per heavy atom. The molecule has 1 atom stereocenters. The highest BCUT2D eigenvalue weighted by Gasteiger charge is 2.18. The van der Waals surface area contributed by atoms with Gasteiger partial charge in [-0.3, -0.25) is 4.79 Å². The highest BCUT2D eigenvalue weighted by molar-refractivity contribution is 8.00. The van der Waals surface area contributed by atoms with Gasteiger partial charge in [0.15, 0.2) is 0 Å². The summed E-state index contributed by atoms with van der Waals surface area (Å²) in [6.07, 6.45) is -0.00568. The van der Waals surface area contributed by atoms with Crippen molar-refractivity contribution < 1.29 is 24.5 Å². The lowest BCUT2D eigenvalue weighted by Gasteiger charge is -2.12. The first-order valence-electron chi connectivity index (χ1n) is 5.96. The van der Waals surface area contributed by atoms with Gasteiger partial charge in [0, 0.05) is 17.9 Å². The van der Waals surface area contributed by atoms with E-state index in [1.807, 2.05) is 12.1 Å². The minimum Gasteiger partial charge on any atom is -0.497 e. The summed E-state index contributed by atoms with van der Waals surface area (Å²) in [5.74, 6) is -0.692. The number of nitrogens with one attached hydrogen (secondary N) is 1. The summed E-state index contributed by atoms with van der Waals surface area (Å²) in [6.45, 7) is -0.289. The Balaban J connectivity index is 2.43. The van der Waals surface area contributed by atoms with Gasteiger partial charge in [-0.15, -0.1) is 11.8 Å². The third kappa shape index (κ3) is 5.50. The van der Waals surface area contributed by atoms with E-state index in [1.54, 1.807) is 19.2 Å². The number of carboxylic acid groups (broad SMARTS) is 1. The molecule has 1 amide bonds. The van der Waals surface area contributed by atoms with Crippen LogP contribution in [0.15, 0.2) is 29.2 Å². The molecule has 1 aromatic rings. The highest BCUT2D eigenvalue weighted by Crippen LogP contribution is 2.20. The zero-order valence-electron chi connectivity index (χ0n) is 11.0. The van der Waals surface area contributed by atoms with E-state index < -0.39 is 12.0 Å². The molecule has 0 aromatic heterocycles. The van der Waals surface area contributed by atoms with Crippen LogP contribution in [0.1, 0.15) is 6.42 Å². The molecule has 0 saturated carbocycles. The topological polar surface area (TPSA) is 95.9 Å². The molecular formula is C13H17NO5S. The van der Waals surface area contributed by atoms with Crippen molar-refractivity contribution in [3.8, 4) is 5.75 Å².